The van der Waals surface area contributed by atoms with Gasteiger partial charge in [-0.05, 0) is 48.9 Å². The Hall–Kier alpha value is -4.48. The molecule has 0 bridgehead atoms. The molecule has 0 aliphatic carbocycles. The van der Waals surface area contributed by atoms with Crippen molar-refractivity contribution in [2.24, 2.45) is 0 Å². The predicted molar refractivity (Wildman–Crippen MR) is 190 cm³/mol. The van der Waals surface area contributed by atoms with Gasteiger partial charge < -0.3 is 37.9 Å². The van der Waals surface area contributed by atoms with E-state index in [-0.39, 0.29) is 13.2 Å². The summed E-state index contributed by atoms with van der Waals surface area (Å²) in [4.78, 5) is 23.4. The summed E-state index contributed by atoms with van der Waals surface area (Å²) in [5.41, 5.74) is 1.76. The van der Waals surface area contributed by atoms with Crippen LogP contribution in [0.25, 0.3) is 0 Å². The molecule has 3 aromatic rings. The largest absolute Gasteiger partial charge is 0.491 e. The van der Waals surface area contributed by atoms with E-state index in [4.69, 9.17) is 37.9 Å². The fraction of sp³-hybridized carbons (Fsp3) is 0.400. The summed E-state index contributed by atoms with van der Waals surface area (Å²) in [6, 6.07) is 26.5. The lowest BCUT2D eigenvalue weighted by atomic mass is 10.1. The van der Waals surface area contributed by atoms with E-state index in [0.29, 0.717) is 64.4 Å². The summed E-state index contributed by atoms with van der Waals surface area (Å²) in [6.07, 6.45) is 4.68. The van der Waals surface area contributed by atoms with Crippen molar-refractivity contribution >= 4 is 11.9 Å². The molecular formula is C40H50O10. The molecule has 50 heavy (non-hydrogen) atoms. The second kappa shape index (κ2) is 25.5. The molecule has 0 heterocycles. The molecule has 0 radical (unpaired) electrons. The van der Waals surface area contributed by atoms with E-state index in [2.05, 4.69) is 13.2 Å². The van der Waals surface area contributed by atoms with E-state index in [1.165, 1.54) is 0 Å². The Kier molecular flexibility index (Phi) is 20.4. The zero-order chi connectivity index (χ0) is 35.5. The first-order valence-electron chi connectivity index (χ1n) is 17.0. The second-order valence-electron chi connectivity index (χ2n) is 11.0. The Balaban J connectivity index is 1.16. The van der Waals surface area contributed by atoms with E-state index in [1.807, 2.05) is 84.9 Å². The number of benzene rings is 3. The van der Waals surface area contributed by atoms with Gasteiger partial charge in [0.05, 0.1) is 26.4 Å². The van der Waals surface area contributed by atoms with E-state index in [9.17, 15) is 9.59 Å². The maximum Gasteiger partial charge on any atom is 0.330 e. The smallest absolute Gasteiger partial charge is 0.330 e. The minimum Gasteiger partial charge on any atom is -0.491 e. The molecule has 0 fully saturated rings. The third kappa shape index (κ3) is 17.3. The van der Waals surface area contributed by atoms with Gasteiger partial charge in [-0.25, -0.2) is 9.59 Å². The number of hydrogen-bond donors (Lipinski definition) is 0. The molecule has 0 saturated heterocycles. The maximum atomic E-state index is 11.7. The SMILES string of the molecule is C=CC(=O)OC(COCCCCOCCOc1cccc(OCCOCCCCOCC(OC(=O)C=C)c2ccccc2)c1)c1ccccc1. The summed E-state index contributed by atoms with van der Waals surface area (Å²) >= 11 is 0. The molecule has 3 rings (SSSR count). The maximum absolute atomic E-state index is 11.7. The quantitative estimate of drug-likeness (QED) is 0.0449. The Labute approximate surface area is 295 Å². The van der Waals surface area contributed by atoms with Gasteiger partial charge in [-0.2, -0.15) is 0 Å². The van der Waals surface area contributed by atoms with Crippen LogP contribution in [0.1, 0.15) is 49.0 Å². The standard InChI is InChI=1S/C40H50O10/c1-3-39(41)49-37(33-16-7-5-8-17-33)31-45-24-13-11-22-43-26-28-47-35-20-15-21-36(30-35)48-29-27-44-23-12-14-25-46-32-38(50-40(42)4-2)34-18-9-6-10-19-34/h3-10,15-21,30,37-38H,1-2,11-14,22-29,31-32H2. The average Bonchev–Trinajstić information content (AvgIpc) is 3.15. The van der Waals surface area contributed by atoms with Crippen LogP contribution in [-0.4, -0.2) is 78.0 Å². The number of carbonyl (C=O) groups excluding carboxylic acids is 2. The van der Waals surface area contributed by atoms with Crippen molar-refractivity contribution in [2.45, 2.75) is 37.9 Å². The molecule has 0 aliphatic rings. The molecule has 0 saturated carbocycles. The molecular weight excluding hydrogens is 640 g/mol. The summed E-state index contributed by atoms with van der Waals surface area (Å²) in [7, 11) is 0. The summed E-state index contributed by atoms with van der Waals surface area (Å²) in [5, 5.41) is 0. The lowest BCUT2D eigenvalue weighted by Gasteiger charge is -2.17. The highest BCUT2D eigenvalue weighted by Crippen LogP contribution is 2.21. The molecule has 10 heteroatoms. The molecule has 10 nitrogen and oxygen atoms in total. The van der Waals surface area contributed by atoms with Crippen LogP contribution in [-0.2, 0) is 38.0 Å². The van der Waals surface area contributed by atoms with E-state index in [1.54, 1.807) is 0 Å². The number of carbonyl (C=O) groups is 2. The van der Waals surface area contributed by atoms with Crippen molar-refractivity contribution in [3.05, 3.63) is 121 Å². The van der Waals surface area contributed by atoms with Crippen molar-refractivity contribution in [3.8, 4) is 11.5 Å². The number of rotatable bonds is 28. The van der Waals surface area contributed by atoms with Gasteiger partial charge in [0.15, 0.2) is 12.2 Å². The Morgan fingerprint density at radius 1 is 0.500 bits per heavy atom. The van der Waals surface area contributed by atoms with Crippen molar-refractivity contribution in [2.75, 3.05) is 66.1 Å². The topological polar surface area (TPSA) is 108 Å². The van der Waals surface area contributed by atoms with E-state index < -0.39 is 24.1 Å². The Bertz CT molecular complexity index is 1260. The first-order valence-corrected chi connectivity index (χ1v) is 17.0. The van der Waals surface area contributed by atoms with Gasteiger partial charge in [-0.1, -0.05) is 79.9 Å². The molecule has 0 amide bonds. The zero-order valence-electron chi connectivity index (χ0n) is 28.8. The van der Waals surface area contributed by atoms with Crippen molar-refractivity contribution in [1.29, 1.82) is 0 Å². The third-order valence-corrected chi connectivity index (χ3v) is 7.18. The molecule has 270 valence electrons. The number of hydrogen-bond acceptors (Lipinski definition) is 10. The summed E-state index contributed by atoms with van der Waals surface area (Å²) in [5.74, 6) is 0.462. The fourth-order valence-electron chi connectivity index (χ4n) is 4.60. The van der Waals surface area contributed by atoms with Crippen LogP contribution < -0.4 is 9.47 Å². The van der Waals surface area contributed by atoms with Crippen LogP contribution in [0, 0.1) is 0 Å². The van der Waals surface area contributed by atoms with Crippen LogP contribution >= 0.6 is 0 Å². The van der Waals surface area contributed by atoms with Gasteiger partial charge in [0.1, 0.15) is 24.7 Å². The van der Waals surface area contributed by atoms with Gasteiger partial charge in [-0.15, -0.1) is 0 Å². The van der Waals surface area contributed by atoms with Gasteiger partial charge >= 0.3 is 11.9 Å². The van der Waals surface area contributed by atoms with Gasteiger partial charge in [0.2, 0.25) is 0 Å². The summed E-state index contributed by atoms with van der Waals surface area (Å²) < 4.78 is 45.4. The lowest BCUT2D eigenvalue weighted by molar-refractivity contribution is -0.147. The van der Waals surface area contributed by atoms with Crippen LogP contribution in [0.15, 0.2) is 110 Å². The van der Waals surface area contributed by atoms with Crippen LogP contribution in [0.2, 0.25) is 0 Å². The third-order valence-electron chi connectivity index (χ3n) is 7.18. The molecule has 0 aliphatic heterocycles. The molecule has 0 spiro atoms. The van der Waals surface area contributed by atoms with Crippen molar-refractivity contribution < 1.29 is 47.5 Å². The monoisotopic (exact) mass is 690 g/mol. The van der Waals surface area contributed by atoms with E-state index in [0.717, 1.165) is 49.0 Å². The number of ether oxygens (including phenoxy) is 8. The highest BCUT2D eigenvalue weighted by molar-refractivity contribution is 5.81. The molecule has 2 atom stereocenters. The molecule has 0 aromatic heterocycles. The highest BCUT2D eigenvalue weighted by Gasteiger charge is 2.16. The molecule has 3 aromatic carbocycles. The number of esters is 2. The normalized spacial score (nSPS) is 12.0. The lowest BCUT2D eigenvalue weighted by Crippen LogP contribution is -2.16. The van der Waals surface area contributed by atoms with Gasteiger partial charge in [-0.3, -0.25) is 0 Å². The first-order chi connectivity index (χ1) is 24.6. The van der Waals surface area contributed by atoms with Crippen molar-refractivity contribution in [1.82, 2.24) is 0 Å². The summed E-state index contributed by atoms with van der Waals surface area (Å²) in [6.45, 7) is 11.5. The number of unbranched alkanes of at least 4 members (excludes halogenated alkanes) is 2. The fourth-order valence-corrected chi connectivity index (χ4v) is 4.60. The molecule has 2 unspecified atom stereocenters. The zero-order valence-corrected chi connectivity index (χ0v) is 28.8. The van der Waals surface area contributed by atoms with Gasteiger partial charge in [0, 0.05) is 44.6 Å². The Morgan fingerprint density at radius 2 is 0.900 bits per heavy atom. The first kappa shape index (κ1) is 40.0. The van der Waals surface area contributed by atoms with Crippen LogP contribution in [0.3, 0.4) is 0 Å². The second-order valence-corrected chi connectivity index (χ2v) is 11.0. The minimum atomic E-state index is -0.476. The molecule has 0 N–H and O–H groups in total. The van der Waals surface area contributed by atoms with Crippen LogP contribution in [0.4, 0.5) is 0 Å². The highest BCUT2D eigenvalue weighted by atomic mass is 16.6. The predicted octanol–water partition coefficient (Wildman–Crippen LogP) is 7.01. The van der Waals surface area contributed by atoms with Crippen LogP contribution in [0.5, 0.6) is 11.5 Å². The Morgan fingerprint density at radius 3 is 1.30 bits per heavy atom. The average molecular weight is 691 g/mol. The minimum absolute atomic E-state index is 0.279. The van der Waals surface area contributed by atoms with Gasteiger partial charge in [0.25, 0.3) is 0 Å². The van der Waals surface area contributed by atoms with E-state index >= 15 is 0 Å². The van der Waals surface area contributed by atoms with Crippen molar-refractivity contribution in [3.63, 3.8) is 0 Å².